The maximum Gasteiger partial charge on any atom is 0.119 e. The fourth-order valence-electron chi connectivity index (χ4n) is 3.02. The fourth-order valence-corrected chi connectivity index (χ4v) is 3.02. The molecule has 1 N–H and O–H groups in total. The van der Waals surface area contributed by atoms with Gasteiger partial charge in [-0.1, -0.05) is 12.1 Å². The Hall–Kier alpha value is -1.06. The Morgan fingerprint density at radius 3 is 2.35 bits per heavy atom. The summed E-state index contributed by atoms with van der Waals surface area (Å²) in [4.78, 5) is 2.53. The van der Waals surface area contributed by atoms with Crippen molar-refractivity contribution < 1.29 is 4.74 Å². The van der Waals surface area contributed by atoms with Gasteiger partial charge in [0.15, 0.2) is 0 Å². The predicted molar refractivity (Wildman–Crippen MR) is 82.0 cm³/mol. The van der Waals surface area contributed by atoms with Crippen molar-refractivity contribution in [1.82, 2.24) is 10.2 Å². The van der Waals surface area contributed by atoms with Crippen molar-refractivity contribution >= 4 is 0 Å². The second-order valence-electron chi connectivity index (χ2n) is 6.56. The summed E-state index contributed by atoms with van der Waals surface area (Å²) >= 11 is 0. The number of hydrogen-bond donors (Lipinski definition) is 1. The number of nitrogens with one attached hydrogen (secondary N) is 1. The first-order valence-electron chi connectivity index (χ1n) is 7.89. The van der Waals surface area contributed by atoms with Crippen LogP contribution >= 0.6 is 0 Å². The van der Waals surface area contributed by atoms with E-state index in [1.54, 1.807) is 0 Å². The van der Waals surface area contributed by atoms with Crippen LogP contribution in [0.15, 0.2) is 24.3 Å². The lowest BCUT2D eigenvalue weighted by molar-refractivity contribution is 0.166. The van der Waals surface area contributed by atoms with Crippen LogP contribution in [0, 0.1) is 5.92 Å². The molecule has 1 saturated heterocycles. The van der Waals surface area contributed by atoms with Crippen LogP contribution in [0.4, 0.5) is 0 Å². The molecule has 3 nitrogen and oxygen atoms in total. The van der Waals surface area contributed by atoms with Gasteiger partial charge < -0.3 is 10.1 Å². The van der Waals surface area contributed by atoms with Gasteiger partial charge >= 0.3 is 0 Å². The van der Waals surface area contributed by atoms with Gasteiger partial charge in [-0.3, -0.25) is 4.90 Å². The second-order valence-corrected chi connectivity index (χ2v) is 6.56. The Balaban J connectivity index is 1.51. The second kappa shape index (κ2) is 6.15. The fraction of sp³-hybridized carbons (Fsp3) is 0.647. The lowest BCUT2D eigenvalue weighted by Gasteiger charge is -2.36. The molecule has 3 rings (SSSR count). The number of nitrogens with zero attached hydrogens (tertiary/aromatic N) is 1. The molecule has 1 aromatic rings. The zero-order valence-electron chi connectivity index (χ0n) is 12.6. The van der Waals surface area contributed by atoms with Gasteiger partial charge in [0, 0.05) is 31.7 Å². The molecule has 110 valence electrons. The lowest BCUT2D eigenvalue weighted by atomic mass is 10.1. The average molecular weight is 274 g/mol. The third kappa shape index (κ3) is 3.97. The zero-order valence-corrected chi connectivity index (χ0v) is 12.6. The van der Waals surface area contributed by atoms with Crippen LogP contribution in [-0.2, 0) is 6.54 Å². The van der Waals surface area contributed by atoms with Crippen LogP contribution in [0.2, 0.25) is 0 Å². The van der Waals surface area contributed by atoms with E-state index in [0.29, 0.717) is 12.1 Å². The number of ether oxygens (including phenoxy) is 1. The van der Waals surface area contributed by atoms with E-state index in [-0.39, 0.29) is 0 Å². The van der Waals surface area contributed by atoms with E-state index in [1.165, 1.54) is 18.4 Å². The maximum absolute atomic E-state index is 5.79. The van der Waals surface area contributed by atoms with Crippen LogP contribution in [0.25, 0.3) is 0 Å². The molecule has 2 fully saturated rings. The molecule has 20 heavy (non-hydrogen) atoms. The molecule has 2 unspecified atom stereocenters. The van der Waals surface area contributed by atoms with Gasteiger partial charge in [-0.15, -0.1) is 0 Å². The molecule has 0 spiro atoms. The minimum Gasteiger partial charge on any atom is -0.493 e. The van der Waals surface area contributed by atoms with Gasteiger partial charge in [0.05, 0.1) is 6.61 Å². The van der Waals surface area contributed by atoms with E-state index in [0.717, 1.165) is 37.9 Å². The number of benzene rings is 1. The monoisotopic (exact) mass is 274 g/mol. The summed E-state index contributed by atoms with van der Waals surface area (Å²) in [6.45, 7) is 8.72. The molecule has 0 amide bonds. The molecule has 1 saturated carbocycles. The Bertz CT molecular complexity index is 417. The van der Waals surface area contributed by atoms with Gasteiger partial charge in [-0.05, 0) is 50.3 Å². The van der Waals surface area contributed by atoms with E-state index in [2.05, 4.69) is 48.3 Å². The van der Waals surface area contributed by atoms with Crippen molar-refractivity contribution in [1.29, 1.82) is 0 Å². The van der Waals surface area contributed by atoms with Crippen LogP contribution < -0.4 is 10.1 Å². The predicted octanol–water partition coefficient (Wildman–Crippen LogP) is 2.66. The lowest BCUT2D eigenvalue weighted by Crippen LogP contribution is -2.53. The van der Waals surface area contributed by atoms with Crippen molar-refractivity contribution in [3.05, 3.63) is 29.8 Å². The largest absolute Gasteiger partial charge is 0.493 e. The topological polar surface area (TPSA) is 24.5 Å². The highest BCUT2D eigenvalue weighted by molar-refractivity contribution is 5.27. The van der Waals surface area contributed by atoms with Crippen LogP contribution in [0.3, 0.4) is 0 Å². The van der Waals surface area contributed by atoms with Gasteiger partial charge in [-0.25, -0.2) is 0 Å². The van der Waals surface area contributed by atoms with Crippen LogP contribution in [-0.4, -0.2) is 36.7 Å². The first-order valence-corrected chi connectivity index (χ1v) is 7.89. The normalized spacial score (nSPS) is 27.5. The summed E-state index contributed by atoms with van der Waals surface area (Å²) in [5, 5.41) is 3.58. The minimum absolute atomic E-state index is 0.583. The van der Waals surface area contributed by atoms with E-state index in [4.69, 9.17) is 4.74 Å². The smallest absolute Gasteiger partial charge is 0.119 e. The Labute approximate surface area is 122 Å². The van der Waals surface area contributed by atoms with Crippen molar-refractivity contribution in [2.24, 2.45) is 5.92 Å². The van der Waals surface area contributed by atoms with Crippen molar-refractivity contribution in [2.75, 3.05) is 19.7 Å². The maximum atomic E-state index is 5.79. The molecule has 2 atom stereocenters. The quantitative estimate of drug-likeness (QED) is 0.893. The third-order valence-electron chi connectivity index (χ3n) is 4.15. The summed E-state index contributed by atoms with van der Waals surface area (Å²) in [7, 11) is 0. The number of hydrogen-bond acceptors (Lipinski definition) is 3. The molecular weight excluding hydrogens is 248 g/mol. The van der Waals surface area contributed by atoms with Crippen molar-refractivity contribution in [3.63, 3.8) is 0 Å². The SMILES string of the molecule is CC1CN(Cc2ccc(OCC3CC3)cc2)CC(C)N1. The van der Waals surface area contributed by atoms with Gasteiger partial charge in [0.1, 0.15) is 5.75 Å². The van der Waals surface area contributed by atoms with Crippen molar-refractivity contribution in [3.8, 4) is 5.75 Å². The van der Waals surface area contributed by atoms with Crippen LogP contribution in [0.5, 0.6) is 5.75 Å². The Kier molecular flexibility index (Phi) is 4.27. The average Bonchev–Trinajstić information content (AvgIpc) is 3.21. The molecule has 1 heterocycles. The van der Waals surface area contributed by atoms with Crippen molar-refractivity contribution in [2.45, 2.75) is 45.3 Å². The zero-order chi connectivity index (χ0) is 13.9. The van der Waals surface area contributed by atoms with E-state index >= 15 is 0 Å². The molecule has 3 heteroatoms. The molecule has 1 aliphatic carbocycles. The Morgan fingerprint density at radius 2 is 1.75 bits per heavy atom. The standard InChI is InChI=1S/C17H26N2O/c1-13-9-19(10-14(2)18-13)11-15-5-7-17(8-6-15)20-12-16-3-4-16/h5-8,13-14,16,18H,3-4,9-12H2,1-2H3. The van der Waals surface area contributed by atoms with E-state index < -0.39 is 0 Å². The summed E-state index contributed by atoms with van der Waals surface area (Å²) in [5.74, 6) is 1.83. The highest BCUT2D eigenvalue weighted by Gasteiger charge is 2.22. The molecule has 2 aliphatic rings. The number of piperazine rings is 1. The first-order chi connectivity index (χ1) is 9.69. The molecule has 0 aromatic heterocycles. The molecule has 1 aliphatic heterocycles. The summed E-state index contributed by atoms with van der Waals surface area (Å²) in [5.41, 5.74) is 1.38. The van der Waals surface area contributed by atoms with Crippen LogP contribution in [0.1, 0.15) is 32.3 Å². The van der Waals surface area contributed by atoms with E-state index in [1.807, 2.05) is 0 Å². The highest BCUT2D eigenvalue weighted by Crippen LogP contribution is 2.29. The molecular formula is C17H26N2O. The minimum atomic E-state index is 0.583. The summed E-state index contributed by atoms with van der Waals surface area (Å²) in [6, 6.07) is 9.82. The van der Waals surface area contributed by atoms with Gasteiger partial charge in [0.2, 0.25) is 0 Å². The third-order valence-corrected chi connectivity index (χ3v) is 4.15. The summed E-state index contributed by atoms with van der Waals surface area (Å²) in [6.07, 6.45) is 2.69. The van der Waals surface area contributed by atoms with Gasteiger partial charge in [0.25, 0.3) is 0 Å². The number of rotatable bonds is 5. The van der Waals surface area contributed by atoms with Gasteiger partial charge in [-0.2, -0.15) is 0 Å². The van der Waals surface area contributed by atoms with E-state index in [9.17, 15) is 0 Å². The molecule has 1 aromatic carbocycles. The first kappa shape index (κ1) is 13.9. The highest BCUT2D eigenvalue weighted by atomic mass is 16.5. The summed E-state index contributed by atoms with van der Waals surface area (Å²) < 4.78 is 5.79. The molecule has 0 radical (unpaired) electrons. The molecule has 0 bridgehead atoms. The Morgan fingerprint density at radius 1 is 1.10 bits per heavy atom.